The Hall–Kier alpha value is -1.55. The highest BCUT2D eigenvalue weighted by atomic mass is 35.5. The molecule has 2 aromatic carbocycles. The minimum Gasteiger partial charge on any atom is -0.207 e. The van der Waals surface area contributed by atoms with Gasteiger partial charge in [-0.1, -0.05) is 12.1 Å². The van der Waals surface area contributed by atoms with Crippen LogP contribution in [-0.4, -0.2) is 0 Å². The Labute approximate surface area is 112 Å². The van der Waals surface area contributed by atoms with Crippen molar-refractivity contribution in [1.29, 1.82) is 0 Å². The highest BCUT2D eigenvalue weighted by Gasteiger charge is 2.17. The summed E-state index contributed by atoms with van der Waals surface area (Å²) in [6, 6.07) is 6.71. The quantitative estimate of drug-likeness (QED) is 0.434. The lowest BCUT2D eigenvalue weighted by atomic mass is 10.0. The van der Waals surface area contributed by atoms with Crippen LogP contribution in [0.1, 0.15) is 16.5 Å². The molecule has 1 atom stereocenters. The van der Waals surface area contributed by atoms with Crippen molar-refractivity contribution in [2.75, 3.05) is 0 Å². The molecule has 0 aliphatic heterocycles. The molecule has 0 aliphatic rings. The number of alkyl halides is 1. The van der Waals surface area contributed by atoms with Crippen molar-refractivity contribution < 1.29 is 17.6 Å². The fourth-order valence-corrected chi connectivity index (χ4v) is 2.06. The topological polar surface area (TPSA) is 0 Å². The SMILES string of the molecule is Fc1ccc(CC(Cl)c2cc(F)c(F)cc2F)cc1. The number of rotatable bonds is 3. The molecular weight excluding hydrogens is 280 g/mol. The van der Waals surface area contributed by atoms with E-state index in [4.69, 9.17) is 11.6 Å². The van der Waals surface area contributed by atoms with Crippen LogP contribution in [0.5, 0.6) is 0 Å². The van der Waals surface area contributed by atoms with Crippen molar-refractivity contribution in [1.82, 2.24) is 0 Å². The monoisotopic (exact) mass is 288 g/mol. The van der Waals surface area contributed by atoms with E-state index in [1.54, 1.807) is 0 Å². The van der Waals surface area contributed by atoms with Crippen LogP contribution in [0.25, 0.3) is 0 Å². The first-order valence-corrected chi connectivity index (χ1v) is 5.94. The van der Waals surface area contributed by atoms with E-state index in [0.29, 0.717) is 11.6 Å². The first kappa shape index (κ1) is 13.9. The fourth-order valence-electron chi connectivity index (χ4n) is 1.72. The van der Waals surface area contributed by atoms with E-state index in [1.165, 1.54) is 24.3 Å². The molecule has 0 radical (unpaired) electrons. The van der Waals surface area contributed by atoms with Crippen LogP contribution in [0.15, 0.2) is 36.4 Å². The van der Waals surface area contributed by atoms with Gasteiger partial charge in [-0.2, -0.15) is 0 Å². The van der Waals surface area contributed by atoms with Crippen molar-refractivity contribution >= 4 is 11.6 Å². The number of benzene rings is 2. The normalized spacial score (nSPS) is 12.5. The minimum atomic E-state index is -1.26. The van der Waals surface area contributed by atoms with Gasteiger partial charge in [-0.3, -0.25) is 0 Å². The van der Waals surface area contributed by atoms with Gasteiger partial charge in [0.2, 0.25) is 0 Å². The Morgan fingerprint density at radius 2 is 1.42 bits per heavy atom. The average Bonchev–Trinajstić information content (AvgIpc) is 2.36. The Morgan fingerprint density at radius 1 is 0.842 bits per heavy atom. The maximum atomic E-state index is 13.5. The molecule has 0 saturated heterocycles. The summed E-state index contributed by atoms with van der Waals surface area (Å²) in [5, 5.41) is -0.861. The van der Waals surface area contributed by atoms with Crippen LogP contribution >= 0.6 is 11.6 Å². The molecule has 0 saturated carbocycles. The summed E-state index contributed by atoms with van der Waals surface area (Å²) in [7, 11) is 0. The van der Waals surface area contributed by atoms with Crippen LogP contribution in [0.4, 0.5) is 17.6 Å². The van der Waals surface area contributed by atoms with Gasteiger partial charge < -0.3 is 0 Å². The summed E-state index contributed by atoms with van der Waals surface area (Å²) in [5.41, 5.74) is 0.551. The number of hydrogen-bond donors (Lipinski definition) is 0. The molecule has 1 unspecified atom stereocenters. The summed E-state index contributed by atoms with van der Waals surface area (Å²) >= 11 is 5.99. The van der Waals surface area contributed by atoms with Crippen molar-refractivity contribution in [3.05, 3.63) is 70.8 Å². The van der Waals surface area contributed by atoms with Crippen LogP contribution in [0.2, 0.25) is 0 Å². The van der Waals surface area contributed by atoms with E-state index in [2.05, 4.69) is 0 Å². The maximum absolute atomic E-state index is 13.5. The Morgan fingerprint density at radius 3 is 2.05 bits per heavy atom. The zero-order chi connectivity index (χ0) is 14.0. The number of hydrogen-bond acceptors (Lipinski definition) is 0. The molecule has 0 heterocycles. The Kier molecular flexibility index (Phi) is 4.10. The highest BCUT2D eigenvalue weighted by molar-refractivity contribution is 6.20. The van der Waals surface area contributed by atoms with Gasteiger partial charge in [0, 0.05) is 11.6 Å². The predicted molar refractivity (Wildman–Crippen MR) is 65.0 cm³/mol. The predicted octanol–water partition coefficient (Wildman–Crippen LogP) is 4.77. The molecule has 0 spiro atoms. The summed E-state index contributed by atoms with van der Waals surface area (Å²) in [6.07, 6.45) is 0.184. The van der Waals surface area contributed by atoms with Gasteiger partial charge in [-0.15, -0.1) is 11.6 Å². The third-order valence-corrected chi connectivity index (χ3v) is 3.09. The summed E-state index contributed by atoms with van der Waals surface area (Å²) in [5.74, 6) is -3.71. The molecular formula is C14H9ClF4. The van der Waals surface area contributed by atoms with Gasteiger partial charge in [0.15, 0.2) is 11.6 Å². The molecule has 0 bridgehead atoms. The van der Waals surface area contributed by atoms with Gasteiger partial charge in [0.1, 0.15) is 11.6 Å². The third kappa shape index (κ3) is 3.26. The molecule has 0 amide bonds. The molecule has 5 heteroatoms. The van der Waals surface area contributed by atoms with Crippen molar-refractivity contribution in [2.45, 2.75) is 11.8 Å². The minimum absolute atomic E-state index is 0.120. The van der Waals surface area contributed by atoms with E-state index >= 15 is 0 Å². The zero-order valence-electron chi connectivity index (χ0n) is 9.64. The van der Waals surface area contributed by atoms with E-state index in [1.807, 2.05) is 0 Å². The van der Waals surface area contributed by atoms with Gasteiger partial charge in [-0.25, -0.2) is 17.6 Å². The van der Waals surface area contributed by atoms with Gasteiger partial charge >= 0.3 is 0 Å². The smallest absolute Gasteiger partial charge is 0.161 e. The molecule has 100 valence electrons. The molecule has 0 aliphatic carbocycles. The second-order valence-corrected chi connectivity index (χ2v) is 4.61. The van der Waals surface area contributed by atoms with Crippen LogP contribution in [-0.2, 0) is 6.42 Å². The Balaban J connectivity index is 2.22. The van der Waals surface area contributed by atoms with Gasteiger partial charge in [0.05, 0.1) is 5.38 Å². The molecule has 2 rings (SSSR count). The Bertz CT molecular complexity index is 581. The third-order valence-electron chi connectivity index (χ3n) is 2.71. The summed E-state index contributed by atoms with van der Waals surface area (Å²) < 4.78 is 52.1. The molecule has 0 aromatic heterocycles. The molecule has 0 fully saturated rings. The fraction of sp³-hybridized carbons (Fsp3) is 0.143. The van der Waals surface area contributed by atoms with Crippen LogP contribution < -0.4 is 0 Å². The second-order valence-electron chi connectivity index (χ2n) is 4.09. The van der Waals surface area contributed by atoms with E-state index < -0.39 is 28.6 Å². The second kappa shape index (κ2) is 5.61. The standard InChI is InChI=1S/C14H9ClF4/c15-11(5-8-1-3-9(16)4-2-8)10-6-13(18)14(19)7-12(10)17/h1-4,6-7,11H,5H2. The highest BCUT2D eigenvalue weighted by Crippen LogP contribution is 2.28. The largest absolute Gasteiger partial charge is 0.207 e. The van der Waals surface area contributed by atoms with Crippen molar-refractivity contribution in [2.24, 2.45) is 0 Å². The summed E-state index contributed by atoms with van der Waals surface area (Å²) in [4.78, 5) is 0. The molecule has 2 aromatic rings. The van der Waals surface area contributed by atoms with E-state index in [0.717, 1.165) is 6.07 Å². The lowest BCUT2D eigenvalue weighted by Gasteiger charge is -2.11. The van der Waals surface area contributed by atoms with Crippen LogP contribution in [0, 0.1) is 23.3 Å². The van der Waals surface area contributed by atoms with E-state index in [9.17, 15) is 17.6 Å². The average molecular weight is 289 g/mol. The van der Waals surface area contributed by atoms with Gasteiger partial charge in [0.25, 0.3) is 0 Å². The number of halogens is 5. The van der Waals surface area contributed by atoms with Crippen molar-refractivity contribution in [3.63, 3.8) is 0 Å². The van der Waals surface area contributed by atoms with Crippen LogP contribution in [0.3, 0.4) is 0 Å². The molecule has 0 N–H and O–H groups in total. The molecule has 19 heavy (non-hydrogen) atoms. The molecule has 0 nitrogen and oxygen atoms in total. The zero-order valence-corrected chi connectivity index (χ0v) is 10.4. The van der Waals surface area contributed by atoms with Crippen molar-refractivity contribution in [3.8, 4) is 0 Å². The first-order chi connectivity index (χ1) is 8.97. The van der Waals surface area contributed by atoms with Gasteiger partial charge in [-0.05, 0) is 30.2 Å². The first-order valence-electron chi connectivity index (χ1n) is 5.50. The van der Waals surface area contributed by atoms with E-state index in [-0.39, 0.29) is 12.0 Å². The lowest BCUT2D eigenvalue weighted by Crippen LogP contribution is -2.01. The maximum Gasteiger partial charge on any atom is 0.161 e. The lowest BCUT2D eigenvalue weighted by molar-refractivity contribution is 0.489. The summed E-state index contributed by atoms with van der Waals surface area (Å²) in [6.45, 7) is 0.